The van der Waals surface area contributed by atoms with E-state index in [-0.39, 0.29) is 12.1 Å². The number of nitriles is 1. The van der Waals surface area contributed by atoms with Crippen LogP contribution >= 0.6 is 0 Å². The van der Waals surface area contributed by atoms with E-state index in [0.717, 1.165) is 12.2 Å². The van der Waals surface area contributed by atoms with E-state index in [9.17, 15) is 0 Å². The van der Waals surface area contributed by atoms with Crippen LogP contribution < -0.4 is 10.6 Å². The smallest absolute Gasteiger partial charge is 0.101 e. The van der Waals surface area contributed by atoms with E-state index in [1.807, 2.05) is 19.1 Å². The lowest BCUT2D eigenvalue weighted by Crippen LogP contribution is -2.47. The van der Waals surface area contributed by atoms with Crippen molar-refractivity contribution in [3.8, 4) is 6.07 Å². The van der Waals surface area contributed by atoms with Gasteiger partial charge >= 0.3 is 0 Å². The highest BCUT2D eigenvalue weighted by Gasteiger charge is 2.25. The van der Waals surface area contributed by atoms with Crippen LogP contribution in [0, 0.1) is 11.3 Å². The molecule has 2 atom stereocenters. The molecule has 0 spiro atoms. The van der Waals surface area contributed by atoms with Crippen molar-refractivity contribution in [3.63, 3.8) is 0 Å². The first kappa shape index (κ1) is 11.7. The third-order valence-corrected chi connectivity index (χ3v) is 3.06. The lowest BCUT2D eigenvalue weighted by atomic mass is 10.1. The third-order valence-electron chi connectivity index (χ3n) is 3.06. The first-order valence-electron chi connectivity index (χ1n) is 5.79. The first-order chi connectivity index (χ1) is 8.11. The Bertz CT molecular complexity index is 452. The molecule has 0 bridgehead atoms. The Hall–Kier alpha value is -1.73. The number of hydrogen-bond acceptors (Lipinski definition) is 4. The molecular formula is C13H17N3O. The van der Waals surface area contributed by atoms with Crippen LogP contribution in [0.3, 0.4) is 0 Å². The normalized spacial score (nSPS) is 24.4. The maximum absolute atomic E-state index is 9.16. The average molecular weight is 231 g/mol. The highest BCUT2D eigenvalue weighted by atomic mass is 16.5. The maximum atomic E-state index is 9.16. The summed E-state index contributed by atoms with van der Waals surface area (Å²) in [5, 5.41) is 9.16. The van der Waals surface area contributed by atoms with Gasteiger partial charge in [-0.3, -0.25) is 0 Å². The number of hydrogen-bond donors (Lipinski definition) is 1. The molecule has 0 radical (unpaired) electrons. The molecule has 1 saturated heterocycles. The van der Waals surface area contributed by atoms with E-state index in [2.05, 4.69) is 17.9 Å². The molecule has 1 aliphatic heterocycles. The van der Waals surface area contributed by atoms with E-state index in [0.29, 0.717) is 17.9 Å². The van der Waals surface area contributed by atoms with Gasteiger partial charge in [0.2, 0.25) is 0 Å². The Morgan fingerprint density at radius 3 is 2.94 bits per heavy atom. The highest BCUT2D eigenvalue weighted by Crippen LogP contribution is 2.26. The predicted molar refractivity (Wildman–Crippen MR) is 67.8 cm³/mol. The summed E-state index contributed by atoms with van der Waals surface area (Å²) < 4.78 is 5.59. The molecule has 4 heteroatoms. The summed E-state index contributed by atoms with van der Waals surface area (Å²) in [7, 11) is 0. The molecule has 1 aliphatic rings. The van der Waals surface area contributed by atoms with Crippen LogP contribution in [0.1, 0.15) is 19.4 Å². The van der Waals surface area contributed by atoms with Gasteiger partial charge in [0.05, 0.1) is 24.0 Å². The molecule has 0 aliphatic carbocycles. The number of nitrogens with zero attached hydrogens (tertiary/aromatic N) is 2. The molecule has 2 unspecified atom stereocenters. The highest BCUT2D eigenvalue weighted by molar-refractivity contribution is 5.65. The van der Waals surface area contributed by atoms with Gasteiger partial charge in [-0.25, -0.2) is 0 Å². The number of rotatable bonds is 1. The van der Waals surface area contributed by atoms with Crippen molar-refractivity contribution < 1.29 is 4.74 Å². The summed E-state index contributed by atoms with van der Waals surface area (Å²) in [5.74, 6) is 0. The molecule has 1 aromatic rings. The number of anilines is 2. The van der Waals surface area contributed by atoms with Gasteiger partial charge in [0, 0.05) is 18.3 Å². The van der Waals surface area contributed by atoms with Gasteiger partial charge in [-0.1, -0.05) is 0 Å². The zero-order valence-corrected chi connectivity index (χ0v) is 10.2. The molecule has 0 aromatic heterocycles. The molecule has 0 amide bonds. The van der Waals surface area contributed by atoms with Gasteiger partial charge in [-0.2, -0.15) is 5.26 Å². The molecule has 4 nitrogen and oxygen atoms in total. The van der Waals surface area contributed by atoms with Gasteiger partial charge in [0.25, 0.3) is 0 Å². The molecule has 1 aromatic carbocycles. The number of benzene rings is 1. The summed E-state index contributed by atoms with van der Waals surface area (Å²) in [5.41, 5.74) is 7.90. The summed E-state index contributed by atoms with van der Waals surface area (Å²) in [6, 6.07) is 7.97. The summed E-state index contributed by atoms with van der Waals surface area (Å²) >= 11 is 0. The second-order valence-electron chi connectivity index (χ2n) is 4.53. The minimum absolute atomic E-state index is 0.190. The van der Waals surface area contributed by atoms with E-state index in [1.165, 1.54) is 0 Å². The molecule has 1 heterocycles. The number of ether oxygens (including phenoxy) is 1. The molecule has 0 saturated carbocycles. The van der Waals surface area contributed by atoms with Crippen LogP contribution in [-0.2, 0) is 4.74 Å². The largest absolute Gasteiger partial charge is 0.399 e. The fourth-order valence-electron chi connectivity index (χ4n) is 2.13. The number of nitrogens with two attached hydrogens (primary N) is 1. The molecule has 1 fully saturated rings. The van der Waals surface area contributed by atoms with Crippen molar-refractivity contribution in [1.29, 1.82) is 5.26 Å². The lowest BCUT2D eigenvalue weighted by molar-refractivity contribution is 0.0343. The van der Waals surface area contributed by atoms with Crippen molar-refractivity contribution in [2.75, 3.05) is 23.8 Å². The second kappa shape index (κ2) is 4.64. The summed E-state index contributed by atoms with van der Waals surface area (Å²) in [6.07, 6.45) is 0.190. The Kier molecular flexibility index (Phi) is 3.21. The quantitative estimate of drug-likeness (QED) is 0.748. The van der Waals surface area contributed by atoms with Gasteiger partial charge < -0.3 is 15.4 Å². The van der Waals surface area contributed by atoms with Crippen LogP contribution in [0.15, 0.2) is 18.2 Å². The number of morpholine rings is 1. The predicted octanol–water partition coefficient (Wildman–Crippen LogP) is 1.75. The minimum Gasteiger partial charge on any atom is -0.399 e. The van der Waals surface area contributed by atoms with Gasteiger partial charge in [0.1, 0.15) is 6.07 Å². The Morgan fingerprint density at radius 2 is 2.24 bits per heavy atom. The van der Waals surface area contributed by atoms with Gasteiger partial charge in [-0.15, -0.1) is 0 Å². The van der Waals surface area contributed by atoms with Crippen LogP contribution in [0.5, 0.6) is 0 Å². The molecule has 17 heavy (non-hydrogen) atoms. The lowest BCUT2D eigenvalue weighted by Gasteiger charge is -2.38. The summed E-state index contributed by atoms with van der Waals surface area (Å²) in [4.78, 5) is 2.21. The second-order valence-corrected chi connectivity index (χ2v) is 4.53. The van der Waals surface area contributed by atoms with Crippen molar-refractivity contribution in [1.82, 2.24) is 0 Å². The topological polar surface area (TPSA) is 62.3 Å². The van der Waals surface area contributed by atoms with E-state index >= 15 is 0 Å². The Balaban J connectivity index is 2.35. The zero-order valence-electron chi connectivity index (χ0n) is 10.2. The average Bonchev–Trinajstić information content (AvgIpc) is 2.32. The molecule has 90 valence electrons. The van der Waals surface area contributed by atoms with Gasteiger partial charge in [-0.05, 0) is 32.0 Å². The van der Waals surface area contributed by atoms with Crippen LogP contribution in [0.25, 0.3) is 0 Å². The molecular weight excluding hydrogens is 214 g/mol. The molecule has 2 N–H and O–H groups in total. The van der Waals surface area contributed by atoms with E-state index < -0.39 is 0 Å². The van der Waals surface area contributed by atoms with Crippen molar-refractivity contribution >= 4 is 11.4 Å². The van der Waals surface area contributed by atoms with Crippen LogP contribution in [-0.4, -0.2) is 25.3 Å². The summed E-state index contributed by atoms with van der Waals surface area (Å²) in [6.45, 7) is 5.64. The maximum Gasteiger partial charge on any atom is 0.101 e. The minimum atomic E-state index is 0.190. The fraction of sp³-hybridized carbons (Fsp3) is 0.462. The van der Waals surface area contributed by atoms with E-state index in [4.69, 9.17) is 15.7 Å². The van der Waals surface area contributed by atoms with Crippen LogP contribution in [0.2, 0.25) is 0 Å². The van der Waals surface area contributed by atoms with Crippen molar-refractivity contribution in [2.45, 2.75) is 26.0 Å². The number of nitrogen functional groups attached to an aromatic ring is 1. The first-order valence-corrected chi connectivity index (χ1v) is 5.79. The third kappa shape index (κ3) is 2.34. The Labute approximate surface area is 102 Å². The monoisotopic (exact) mass is 231 g/mol. The molecule has 2 rings (SSSR count). The fourth-order valence-corrected chi connectivity index (χ4v) is 2.13. The van der Waals surface area contributed by atoms with Gasteiger partial charge in [0.15, 0.2) is 0 Å². The zero-order chi connectivity index (χ0) is 12.4. The SMILES string of the molecule is CC1CN(c2ccc(N)cc2C#N)C(C)CO1. The van der Waals surface area contributed by atoms with Crippen molar-refractivity contribution in [2.24, 2.45) is 0 Å². The van der Waals surface area contributed by atoms with Crippen molar-refractivity contribution in [3.05, 3.63) is 23.8 Å². The van der Waals surface area contributed by atoms with E-state index in [1.54, 1.807) is 6.07 Å². The standard InChI is InChI=1S/C13H17N3O/c1-9-8-17-10(2)7-16(9)13-4-3-12(15)5-11(13)6-14/h3-5,9-10H,7-8,15H2,1-2H3. The van der Waals surface area contributed by atoms with Crippen LogP contribution in [0.4, 0.5) is 11.4 Å². The Morgan fingerprint density at radius 1 is 1.47 bits per heavy atom.